The third kappa shape index (κ3) is 3.11. The van der Waals surface area contributed by atoms with Gasteiger partial charge in [-0.05, 0) is 76.6 Å². The Labute approximate surface area is 156 Å². The predicted molar refractivity (Wildman–Crippen MR) is 108 cm³/mol. The third-order valence-electron chi connectivity index (χ3n) is 5.92. The van der Waals surface area contributed by atoms with Crippen LogP contribution in [0.25, 0.3) is 11.1 Å². The average Bonchev–Trinajstić information content (AvgIpc) is 2.59. The Bertz CT molecular complexity index is 863. The van der Waals surface area contributed by atoms with E-state index in [2.05, 4.69) is 51.9 Å². The van der Waals surface area contributed by atoms with E-state index in [1.165, 1.54) is 41.3 Å². The first-order valence-corrected chi connectivity index (χ1v) is 9.21. The van der Waals surface area contributed by atoms with Crippen LogP contribution in [0.4, 0.5) is 0 Å². The van der Waals surface area contributed by atoms with Crippen molar-refractivity contribution >= 4 is 6.21 Å². The van der Waals surface area contributed by atoms with Gasteiger partial charge in [0.1, 0.15) is 5.75 Å². The summed E-state index contributed by atoms with van der Waals surface area (Å²) in [5.74, 6) is 0.790. The Morgan fingerprint density at radius 2 is 1.58 bits per heavy atom. The largest absolute Gasteiger partial charge is 0.496 e. The van der Waals surface area contributed by atoms with Gasteiger partial charge in [0, 0.05) is 5.56 Å². The van der Waals surface area contributed by atoms with E-state index < -0.39 is 0 Å². The maximum atomic E-state index is 8.78. The van der Waals surface area contributed by atoms with Gasteiger partial charge in [0.05, 0.1) is 13.3 Å². The number of fused-ring (bicyclic) bond motifs is 1. The molecule has 0 atom stereocenters. The molecule has 0 heterocycles. The van der Waals surface area contributed by atoms with E-state index in [9.17, 15) is 0 Å². The smallest absolute Gasteiger partial charge is 0.127 e. The topological polar surface area (TPSA) is 41.8 Å². The van der Waals surface area contributed by atoms with E-state index in [4.69, 9.17) is 9.94 Å². The van der Waals surface area contributed by atoms with Crippen LogP contribution >= 0.6 is 0 Å². The van der Waals surface area contributed by atoms with Gasteiger partial charge in [-0.3, -0.25) is 0 Å². The third-order valence-corrected chi connectivity index (χ3v) is 5.92. The lowest BCUT2D eigenvalue weighted by Crippen LogP contribution is -2.34. The van der Waals surface area contributed by atoms with Gasteiger partial charge < -0.3 is 9.94 Å². The van der Waals surface area contributed by atoms with E-state index >= 15 is 0 Å². The van der Waals surface area contributed by atoms with Crippen molar-refractivity contribution in [3.8, 4) is 16.9 Å². The molecule has 0 aromatic heterocycles. The first kappa shape index (κ1) is 18.5. The Balaban J connectivity index is 2.22. The first-order chi connectivity index (χ1) is 12.2. The van der Waals surface area contributed by atoms with Crippen LogP contribution in [0, 0.1) is 6.92 Å². The Kier molecular flexibility index (Phi) is 4.60. The molecule has 0 bridgehead atoms. The molecule has 0 saturated carbocycles. The summed E-state index contributed by atoms with van der Waals surface area (Å²) in [7, 11) is 1.68. The summed E-state index contributed by atoms with van der Waals surface area (Å²) >= 11 is 0. The molecule has 0 spiro atoms. The van der Waals surface area contributed by atoms with Crippen molar-refractivity contribution in [3.05, 3.63) is 52.6 Å². The fraction of sp³-hybridized carbons (Fsp3) is 0.435. The van der Waals surface area contributed by atoms with Crippen molar-refractivity contribution in [3.63, 3.8) is 0 Å². The maximum Gasteiger partial charge on any atom is 0.127 e. The van der Waals surface area contributed by atoms with Crippen LogP contribution in [-0.4, -0.2) is 18.5 Å². The minimum Gasteiger partial charge on any atom is -0.496 e. The fourth-order valence-corrected chi connectivity index (χ4v) is 4.09. The van der Waals surface area contributed by atoms with Gasteiger partial charge in [-0.15, -0.1) is 0 Å². The molecule has 0 aliphatic heterocycles. The summed E-state index contributed by atoms with van der Waals surface area (Å²) in [5, 5.41) is 11.9. The summed E-state index contributed by atoms with van der Waals surface area (Å²) in [4.78, 5) is 0. The fourth-order valence-electron chi connectivity index (χ4n) is 4.09. The molecule has 1 aliphatic rings. The highest BCUT2D eigenvalue weighted by Gasteiger charge is 2.37. The van der Waals surface area contributed by atoms with Crippen molar-refractivity contribution in [1.82, 2.24) is 0 Å². The number of ether oxygens (including phenoxy) is 1. The average molecular weight is 351 g/mol. The minimum atomic E-state index is 0.171. The maximum absolute atomic E-state index is 8.78. The quantitative estimate of drug-likeness (QED) is 0.429. The summed E-state index contributed by atoms with van der Waals surface area (Å²) in [6.45, 7) is 11.6. The number of methoxy groups -OCH3 is 1. The molecule has 2 aromatic carbocycles. The molecule has 0 fully saturated rings. The second-order valence-electron chi connectivity index (χ2n) is 8.68. The SMILES string of the molecule is COc1cc(C=NO)ccc1-c1cc2c(cc1C)C(C)(C)CCC2(C)C. The van der Waals surface area contributed by atoms with Gasteiger partial charge in [0.15, 0.2) is 0 Å². The van der Waals surface area contributed by atoms with Crippen LogP contribution in [-0.2, 0) is 10.8 Å². The Morgan fingerprint density at radius 3 is 2.15 bits per heavy atom. The molecule has 3 nitrogen and oxygen atoms in total. The Hall–Kier alpha value is -2.29. The van der Waals surface area contributed by atoms with Gasteiger partial charge in [-0.2, -0.15) is 0 Å². The second-order valence-corrected chi connectivity index (χ2v) is 8.68. The highest BCUT2D eigenvalue weighted by atomic mass is 16.5. The zero-order valence-corrected chi connectivity index (χ0v) is 16.7. The van der Waals surface area contributed by atoms with Crippen molar-refractivity contribution in [2.75, 3.05) is 7.11 Å². The standard InChI is InChI=1S/C23H29NO2/c1-15-11-19-20(23(4,5)10-9-22(19,2)3)13-18(15)17-8-7-16(14-24-25)12-21(17)26-6/h7-8,11-14,25H,9-10H2,1-6H3. The molecule has 2 aromatic rings. The molecule has 1 aliphatic carbocycles. The first-order valence-electron chi connectivity index (χ1n) is 9.21. The van der Waals surface area contributed by atoms with Crippen LogP contribution in [0.2, 0.25) is 0 Å². The van der Waals surface area contributed by atoms with E-state index in [0.717, 1.165) is 16.9 Å². The minimum absolute atomic E-state index is 0.171. The number of hydrogen-bond donors (Lipinski definition) is 1. The lowest BCUT2D eigenvalue weighted by molar-refractivity contribution is 0.322. The number of oxime groups is 1. The molecule has 26 heavy (non-hydrogen) atoms. The molecule has 0 amide bonds. The molecular formula is C23H29NO2. The summed E-state index contributed by atoms with van der Waals surface area (Å²) in [5.41, 5.74) is 7.64. The van der Waals surface area contributed by atoms with Crippen LogP contribution in [0.5, 0.6) is 5.75 Å². The van der Waals surface area contributed by atoms with Gasteiger partial charge >= 0.3 is 0 Å². The van der Waals surface area contributed by atoms with Gasteiger partial charge in [0.2, 0.25) is 0 Å². The Morgan fingerprint density at radius 1 is 0.962 bits per heavy atom. The number of rotatable bonds is 3. The number of aryl methyl sites for hydroxylation is 1. The molecule has 3 rings (SSSR count). The molecule has 0 unspecified atom stereocenters. The molecule has 0 radical (unpaired) electrons. The van der Waals surface area contributed by atoms with Crippen LogP contribution in [0.15, 0.2) is 35.5 Å². The van der Waals surface area contributed by atoms with Gasteiger partial charge in [-0.25, -0.2) is 0 Å². The highest BCUT2D eigenvalue weighted by molar-refractivity contribution is 5.84. The van der Waals surface area contributed by atoms with Crippen LogP contribution in [0.3, 0.4) is 0 Å². The van der Waals surface area contributed by atoms with E-state index in [0.29, 0.717) is 0 Å². The van der Waals surface area contributed by atoms with E-state index in [1.54, 1.807) is 7.11 Å². The predicted octanol–water partition coefficient (Wildman–Crippen LogP) is 5.83. The van der Waals surface area contributed by atoms with Crippen molar-refractivity contribution in [2.45, 2.75) is 58.3 Å². The van der Waals surface area contributed by atoms with Gasteiger partial charge in [0.25, 0.3) is 0 Å². The summed E-state index contributed by atoms with van der Waals surface area (Å²) in [6.07, 6.45) is 3.82. The van der Waals surface area contributed by atoms with Crippen molar-refractivity contribution < 1.29 is 9.94 Å². The summed E-state index contributed by atoms with van der Waals surface area (Å²) < 4.78 is 5.64. The monoisotopic (exact) mass is 351 g/mol. The zero-order valence-electron chi connectivity index (χ0n) is 16.7. The number of hydrogen-bond acceptors (Lipinski definition) is 3. The van der Waals surface area contributed by atoms with E-state index in [-0.39, 0.29) is 10.8 Å². The molecule has 1 N–H and O–H groups in total. The van der Waals surface area contributed by atoms with Crippen LogP contribution < -0.4 is 4.74 Å². The summed E-state index contributed by atoms with van der Waals surface area (Å²) in [6, 6.07) is 10.6. The van der Waals surface area contributed by atoms with E-state index in [1.807, 2.05) is 18.2 Å². The normalized spacial score (nSPS) is 17.9. The molecular weight excluding hydrogens is 322 g/mol. The van der Waals surface area contributed by atoms with Gasteiger partial charge in [-0.1, -0.05) is 45.0 Å². The number of nitrogens with zero attached hydrogens (tertiary/aromatic N) is 1. The van der Waals surface area contributed by atoms with Crippen LogP contribution in [0.1, 0.15) is 62.8 Å². The molecule has 3 heteroatoms. The lowest BCUT2D eigenvalue weighted by Gasteiger charge is -2.42. The van der Waals surface area contributed by atoms with Crippen molar-refractivity contribution in [2.24, 2.45) is 5.16 Å². The molecule has 0 saturated heterocycles. The van der Waals surface area contributed by atoms with Crippen molar-refractivity contribution in [1.29, 1.82) is 0 Å². The molecule has 138 valence electrons. The number of benzene rings is 2. The zero-order chi connectivity index (χ0) is 19.1. The lowest BCUT2D eigenvalue weighted by atomic mass is 9.62. The highest BCUT2D eigenvalue weighted by Crippen LogP contribution is 2.48. The second kappa shape index (κ2) is 6.46.